The first-order valence-electron chi connectivity index (χ1n) is 5.42. The van der Waals surface area contributed by atoms with Crippen LogP contribution in [-0.4, -0.2) is 18.2 Å². The minimum Gasteiger partial charge on any atom is -0.496 e. The number of halogens is 1. The van der Waals surface area contributed by atoms with E-state index < -0.39 is 11.4 Å². The molecule has 17 heavy (non-hydrogen) atoms. The molecule has 0 fully saturated rings. The fourth-order valence-corrected chi connectivity index (χ4v) is 1.50. The molecule has 94 valence electrons. The first kappa shape index (κ1) is 13.5. The molecule has 1 aromatic rings. The van der Waals surface area contributed by atoms with E-state index in [1.807, 2.05) is 0 Å². The van der Waals surface area contributed by atoms with Gasteiger partial charge in [0.25, 0.3) is 0 Å². The lowest BCUT2D eigenvalue weighted by molar-refractivity contribution is -0.147. The Balaban J connectivity index is 2.81. The maximum atomic E-state index is 13.1. The number of carbonyl (C=O) groups is 1. The third-order valence-corrected chi connectivity index (χ3v) is 2.84. The molecule has 1 aromatic carbocycles. The molecule has 0 saturated carbocycles. The van der Waals surface area contributed by atoms with Crippen molar-refractivity contribution >= 4 is 5.97 Å². The third-order valence-electron chi connectivity index (χ3n) is 2.84. The highest BCUT2D eigenvalue weighted by Gasteiger charge is 2.27. The zero-order valence-electron chi connectivity index (χ0n) is 10.3. The van der Waals surface area contributed by atoms with Crippen LogP contribution in [0.3, 0.4) is 0 Å². The van der Waals surface area contributed by atoms with E-state index in [9.17, 15) is 9.18 Å². The van der Waals surface area contributed by atoms with Gasteiger partial charge in [0.2, 0.25) is 0 Å². The summed E-state index contributed by atoms with van der Waals surface area (Å²) in [6, 6.07) is 4.26. The summed E-state index contributed by atoms with van der Waals surface area (Å²) < 4.78 is 18.2. The van der Waals surface area contributed by atoms with Gasteiger partial charge in [-0.3, -0.25) is 4.79 Å². The van der Waals surface area contributed by atoms with Crippen molar-refractivity contribution < 1.29 is 19.0 Å². The largest absolute Gasteiger partial charge is 0.496 e. The van der Waals surface area contributed by atoms with Gasteiger partial charge in [0.1, 0.15) is 11.6 Å². The van der Waals surface area contributed by atoms with Crippen LogP contribution in [0.1, 0.15) is 25.8 Å². The minimum absolute atomic E-state index is 0.339. The number of ether oxygens (including phenoxy) is 1. The predicted molar refractivity (Wildman–Crippen MR) is 62.7 cm³/mol. The van der Waals surface area contributed by atoms with Gasteiger partial charge in [-0.15, -0.1) is 0 Å². The van der Waals surface area contributed by atoms with E-state index in [2.05, 4.69) is 0 Å². The van der Waals surface area contributed by atoms with Crippen LogP contribution in [0.15, 0.2) is 18.2 Å². The molecule has 0 heterocycles. The number of aliphatic carboxylic acids is 1. The average molecular weight is 240 g/mol. The van der Waals surface area contributed by atoms with Crippen LogP contribution in [-0.2, 0) is 11.2 Å². The molecule has 4 heteroatoms. The smallest absolute Gasteiger partial charge is 0.309 e. The topological polar surface area (TPSA) is 46.5 Å². The summed E-state index contributed by atoms with van der Waals surface area (Å²) >= 11 is 0. The van der Waals surface area contributed by atoms with Gasteiger partial charge in [-0.2, -0.15) is 0 Å². The summed E-state index contributed by atoms with van der Waals surface area (Å²) in [6.07, 6.45) is 0.905. The zero-order chi connectivity index (χ0) is 13.1. The fourth-order valence-electron chi connectivity index (χ4n) is 1.50. The predicted octanol–water partition coefficient (Wildman–Crippen LogP) is 2.88. The minimum atomic E-state index is -0.854. The van der Waals surface area contributed by atoms with Crippen molar-refractivity contribution in [1.29, 1.82) is 0 Å². The second kappa shape index (κ2) is 5.17. The number of methoxy groups -OCH3 is 1. The van der Waals surface area contributed by atoms with Gasteiger partial charge in [-0.05, 0) is 50.5 Å². The quantitative estimate of drug-likeness (QED) is 0.860. The summed E-state index contributed by atoms with van der Waals surface area (Å²) in [5, 5.41) is 9.00. The molecule has 0 aliphatic rings. The fraction of sp³-hybridized carbons (Fsp3) is 0.462. The van der Waals surface area contributed by atoms with Gasteiger partial charge < -0.3 is 9.84 Å². The molecule has 1 N–H and O–H groups in total. The summed E-state index contributed by atoms with van der Waals surface area (Å²) in [5.74, 6) is -0.602. The van der Waals surface area contributed by atoms with Crippen molar-refractivity contribution in [3.05, 3.63) is 29.6 Å². The molecule has 0 atom stereocenters. The number of rotatable bonds is 5. The Hall–Kier alpha value is -1.58. The highest BCUT2D eigenvalue weighted by molar-refractivity contribution is 5.73. The number of hydrogen-bond donors (Lipinski definition) is 1. The van der Waals surface area contributed by atoms with Crippen LogP contribution in [0.25, 0.3) is 0 Å². The van der Waals surface area contributed by atoms with E-state index in [1.54, 1.807) is 19.9 Å². The Kier molecular flexibility index (Phi) is 4.10. The van der Waals surface area contributed by atoms with Gasteiger partial charge in [0, 0.05) is 0 Å². The monoisotopic (exact) mass is 240 g/mol. The SMILES string of the molecule is COc1ccc(F)cc1CCC(C)(C)C(=O)O. The normalized spacial score (nSPS) is 11.3. The molecule has 0 aromatic heterocycles. The number of aryl methyl sites for hydroxylation is 1. The van der Waals surface area contributed by atoms with Crippen molar-refractivity contribution in [3.8, 4) is 5.75 Å². The van der Waals surface area contributed by atoms with E-state index in [0.29, 0.717) is 24.2 Å². The lowest BCUT2D eigenvalue weighted by atomic mass is 9.86. The van der Waals surface area contributed by atoms with Crippen LogP contribution >= 0.6 is 0 Å². The van der Waals surface area contributed by atoms with E-state index in [-0.39, 0.29) is 5.82 Å². The summed E-state index contributed by atoms with van der Waals surface area (Å²) in [7, 11) is 1.51. The van der Waals surface area contributed by atoms with E-state index in [4.69, 9.17) is 9.84 Å². The van der Waals surface area contributed by atoms with Crippen LogP contribution in [0.5, 0.6) is 5.75 Å². The molecular weight excluding hydrogens is 223 g/mol. The lowest BCUT2D eigenvalue weighted by Gasteiger charge is -2.19. The summed E-state index contributed by atoms with van der Waals surface area (Å²) in [4.78, 5) is 11.0. The van der Waals surface area contributed by atoms with Crippen molar-refractivity contribution in [3.63, 3.8) is 0 Å². The number of hydrogen-bond acceptors (Lipinski definition) is 2. The molecule has 0 aliphatic carbocycles. The van der Waals surface area contributed by atoms with Gasteiger partial charge in [0.15, 0.2) is 0 Å². The number of carboxylic acids is 1. The van der Waals surface area contributed by atoms with Crippen molar-refractivity contribution in [2.24, 2.45) is 5.41 Å². The molecule has 1 rings (SSSR count). The molecule has 0 radical (unpaired) electrons. The molecule has 0 spiro atoms. The van der Waals surface area contributed by atoms with E-state index in [1.165, 1.54) is 19.2 Å². The second-order valence-electron chi connectivity index (χ2n) is 4.65. The zero-order valence-corrected chi connectivity index (χ0v) is 10.3. The van der Waals surface area contributed by atoms with Crippen molar-refractivity contribution in [2.75, 3.05) is 7.11 Å². The van der Waals surface area contributed by atoms with Crippen LogP contribution in [0.2, 0.25) is 0 Å². The molecule has 3 nitrogen and oxygen atoms in total. The molecule has 0 aliphatic heterocycles. The van der Waals surface area contributed by atoms with Crippen molar-refractivity contribution in [1.82, 2.24) is 0 Å². The molecular formula is C13H17FO3. The first-order valence-corrected chi connectivity index (χ1v) is 5.42. The Morgan fingerprint density at radius 3 is 2.65 bits per heavy atom. The number of benzene rings is 1. The van der Waals surface area contributed by atoms with Crippen LogP contribution in [0, 0.1) is 11.2 Å². The van der Waals surface area contributed by atoms with Gasteiger partial charge in [-0.25, -0.2) is 4.39 Å². The lowest BCUT2D eigenvalue weighted by Crippen LogP contribution is -2.24. The molecule has 0 amide bonds. The summed E-state index contributed by atoms with van der Waals surface area (Å²) in [5.41, 5.74) is -0.126. The van der Waals surface area contributed by atoms with Gasteiger partial charge in [-0.1, -0.05) is 0 Å². The summed E-state index contributed by atoms with van der Waals surface area (Å²) in [6.45, 7) is 3.31. The van der Waals surface area contributed by atoms with Gasteiger partial charge >= 0.3 is 5.97 Å². The molecule has 0 bridgehead atoms. The first-order chi connectivity index (χ1) is 7.86. The van der Waals surface area contributed by atoms with Crippen molar-refractivity contribution in [2.45, 2.75) is 26.7 Å². The average Bonchev–Trinajstić information content (AvgIpc) is 2.26. The second-order valence-corrected chi connectivity index (χ2v) is 4.65. The maximum Gasteiger partial charge on any atom is 0.309 e. The molecule has 0 saturated heterocycles. The van der Waals surface area contributed by atoms with E-state index >= 15 is 0 Å². The Morgan fingerprint density at radius 2 is 2.12 bits per heavy atom. The van der Waals surface area contributed by atoms with Gasteiger partial charge in [0.05, 0.1) is 12.5 Å². The Labute approximate surface area is 100 Å². The Morgan fingerprint density at radius 1 is 1.47 bits per heavy atom. The van der Waals surface area contributed by atoms with E-state index in [0.717, 1.165) is 0 Å². The third kappa shape index (κ3) is 3.44. The number of carboxylic acid groups (broad SMARTS) is 1. The Bertz CT molecular complexity index is 413. The molecule has 0 unspecified atom stereocenters. The van der Waals surface area contributed by atoms with Crippen LogP contribution in [0.4, 0.5) is 4.39 Å². The standard InChI is InChI=1S/C13H17FO3/c1-13(2,12(15)16)7-6-9-8-10(14)4-5-11(9)17-3/h4-5,8H,6-7H2,1-3H3,(H,15,16). The maximum absolute atomic E-state index is 13.1. The highest BCUT2D eigenvalue weighted by atomic mass is 19.1. The highest BCUT2D eigenvalue weighted by Crippen LogP contribution is 2.27. The van der Waals surface area contributed by atoms with Crippen LogP contribution < -0.4 is 4.74 Å².